The summed E-state index contributed by atoms with van der Waals surface area (Å²) in [6.07, 6.45) is -0.703. The van der Waals surface area contributed by atoms with Crippen LogP contribution in [0.3, 0.4) is 0 Å². The fourth-order valence-electron chi connectivity index (χ4n) is 2.22. The van der Waals surface area contributed by atoms with Crippen molar-refractivity contribution in [3.8, 4) is 5.75 Å². The van der Waals surface area contributed by atoms with Crippen LogP contribution >= 0.6 is 27.5 Å². The molecule has 0 heterocycles. The summed E-state index contributed by atoms with van der Waals surface area (Å²) in [5.41, 5.74) is 3.65. The Kier molecular flexibility index (Phi) is 4.74. The second kappa shape index (κ2) is 6.17. The van der Waals surface area contributed by atoms with Crippen molar-refractivity contribution in [3.05, 3.63) is 62.1 Å². The molecule has 0 fully saturated rings. The Hall–Kier alpha value is -1.03. The predicted octanol–water partition coefficient (Wildman–Crippen LogP) is 4.81. The lowest BCUT2D eigenvalue weighted by Gasteiger charge is -2.18. The van der Waals surface area contributed by atoms with Gasteiger partial charge in [-0.2, -0.15) is 0 Å². The van der Waals surface area contributed by atoms with Crippen molar-refractivity contribution in [3.63, 3.8) is 0 Å². The molecular formula is C16H16BrClO2. The number of methoxy groups -OCH3 is 1. The van der Waals surface area contributed by atoms with Crippen LogP contribution in [0.1, 0.15) is 28.4 Å². The standard InChI is InChI=1S/C16H16BrClO2/c1-9-7-15(20-3)10(2)6-13(9)16(19)12-5-4-11(18)8-14(12)17/h4-8,16,19H,1-3H3. The summed E-state index contributed by atoms with van der Waals surface area (Å²) < 4.78 is 6.09. The summed E-state index contributed by atoms with van der Waals surface area (Å²) in [5, 5.41) is 11.3. The molecule has 0 aliphatic rings. The van der Waals surface area contributed by atoms with Crippen LogP contribution in [0.4, 0.5) is 0 Å². The van der Waals surface area contributed by atoms with Gasteiger partial charge in [-0.25, -0.2) is 0 Å². The smallest absolute Gasteiger partial charge is 0.122 e. The van der Waals surface area contributed by atoms with Gasteiger partial charge >= 0.3 is 0 Å². The monoisotopic (exact) mass is 354 g/mol. The third-order valence-corrected chi connectivity index (χ3v) is 4.26. The highest BCUT2D eigenvalue weighted by atomic mass is 79.9. The van der Waals surface area contributed by atoms with Gasteiger partial charge in [0.05, 0.1) is 7.11 Å². The first-order chi connectivity index (χ1) is 9.43. The predicted molar refractivity (Wildman–Crippen MR) is 85.7 cm³/mol. The largest absolute Gasteiger partial charge is 0.496 e. The van der Waals surface area contributed by atoms with Crippen LogP contribution < -0.4 is 4.74 Å². The molecule has 1 N–H and O–H groups in total. The van der Waals surface area contributed by atoms with Gasteiger partial charge in [0.25, 0.3) is 0 Å². The average Bonchev–Trinajstić information content (AvgIpc) is 2.40. The quantitative estimate of drug-likeness (QED) is 0.856. The first-order valence-corrected chi connectivity index (χ1v) is 7.39. The van der Waals surface area contributed by atoms with Crippen LogP contribution in [0.15, 0.2) is 34.8 Å². The maximum Gasteiger partial charge on any atom is 0.122 e. The van der Waals surface area contributed by atoms with Gasteiger partial charge in [0.2, 0.25) is 0 Å². The van der Waals surface area contributed by atoms with Gasteiger partial charge in [0.15, 0.2) is 0 Å². The molecule has 0 saturated heterocycles. The number of hydrogen-bond acceptors (Lipinski definition) is 2. The van der Waals surface area contributed by atoms with E-state index in [1.54, 1.807) is 19.2 Å². The van der Waals surface area contributed by atoms with Gasteiger partial charge in [-0.05, 0) is 60.4 Å². The van der Waals surface area contributed by atoms with E-state index in [0.29, 0.717) is 5.02 Å². The van der Waals surface area contributed by atoms with Crippen LogP contribution in [-0.2, 0) is 0 Å². The maximum absolute atomic E-state index is 10.6. The third-order valence-electron chi connectivity index (χ3n) is 3.34. The minimum Gasteiger partial charge on any atom is -0.496 e. The molecule has 0 aromatic heterocycles. The molecule has 2 aromatic rings. The second-order valence-corrected chi connectivity index (χ2v) is 6.04. The SMILES string of the molecule is COc1cc(C)c(C(O)c2ccc(Cl)cc2Br)cc1C. The summed E-state index contributed by atoms with van der Waals surface area (Å²) in [6.45, 7) is 3.93. The van der Waals surface area contributed by atoms with E-state index in [1.807, 2.05) is 32.0 Å². The van der Waals surface area contributed by atoms with Crippen molar-refractivity contribution in [1.82, 2.24) is 0 Å². The van der Waals surface area contributed by atoms with Gasteiger partial charge < -0.3 is 9.84 Å². The molecule has 0 amide bonds. The Morgan fingerprint density at radius 1 is 1.10 bits per heavy atom. The Balaban J connectivity index is 2.48. The van der Waals surface area contributed by atoms with Gasteiger partial charge in [0.1, 0.15) is 11.9 Å². The van der Waals surface area contributed by atoms with E-state index in [9.17, 15) is 5.11 Å². The summed E-state index contributed by atoms with van der Waals surface area (Å²) in [4.78, 5) is 0. The molecule has 1 atom stereocenters. The van der Waals surface area contributed by atoms with Gasteiger partial charge in [-0.3, -0.25) is 0 Å². The molecular weight excluding hydrogens is 340 g/mol. The zero-order valence-electron chi connectivity index (χ0n) is 11.6. The van der Waals surface area contributed by atoms with E-state index in [1.165, 1.54) is 0 Å². The summed E-state index contributed by atoms with van der Waals surface area (Å²) in [7, 11) is 1.65. The number of aliphatic hydroxyl groups is 1. The van der Waals surface area contributed by atoms with Crippen LogP contribution in [0.25, 0.3) is 0 Å². The first-order valence-electron chi connectivity index (χ1n) is 6.22. The van der Waals surface area contributed by atoms with Crippen LogP contribution in [-0.4, -0.2) is 12.2 Å². The first kappa shape index (κ1) is 15.4. The zero-order chi connectivity index (χ0) is 14.9. The van der Waals surface area contributed by atoms with E-state index < -0.39 is 6.10 Å². The van der Waals surface area contributed by atoms with E-state index >= 15 is 0 Å². The van der Waals surface area contributed by atoms with Gasteiger partial charge in [0, 0.05) is 9.50 Å². The lowest BCUT2D eigenvalue weighted by atomic mass is 9.95. The number of hydrogen-bond donors (Lipinski definition) is 1. The topological polar surface area (TPSA) is 29.5 Å². The third kappa shape index (κ3) is 3.00. The molecule has 1 unspecified atom stereocenters. The molecule has 0 aliphatic heterocycles. The number of aryl methyl sites for hydroxylation is 2. The average molecular weight is 356 g/mol. The summed E-state index contributed by atoms with van der Waals surface area (Å²) in [5.74, 6) is 0.827. The summed E-state index contributed by atoms with van der Waals surface area (Å²) in [6, 6.07) is 9.29. The summed E-state index contributed by atoms with van der Waals surface area (Å²) >= 11 is 9.38. The lowest BCUT2D eigenvalue weighted by Crippen LogP contribution is -2.04. The molecule has 0 bridgehead atoms. The van der Waals surface area contributed by atoms with E-state index in [0.717, 1.165) is 32.5 Å². The second-order valence-electron chi connectivity index (χ2n) is 4.75. The molecule has 0 aliphatic carbocycles. The number of halogens is 2. The molecule has 0 saturated carbocycles. The fourth-order valence-corrected chi connectivity index (χ4v) is 3.12. The number of rotatable bonds is 3. The van der Waals surface area contributed by atoms with Crippen LogP contribution in [0.2, 0.25) is 5.02 Å². The Labute approximate surface area is 132 Å². The highest BCUT2D eigenvalue weighted by Gasteiger charge is 2.17. The molecule has 106 valence electrons. The number of aliphatic hydroxyl groups excluding tert-OH is 1. The lowest BCUT2D eigenvalue weighted by molar-refractivity contribution is 0.218. The van der Waals surface area contributed by atoms with E-state index in [4.69, 9.17) is 16.3 Å². The highest BCUT2D eigenvalue weighted by molar-refractivity contribution is 9.10. The molecule has 0 radical (unpaired) electrons. The minimum atomic E-state index is -0.703. The van der Waals surface area contributed by atoms with Crippen molar-refractivity contribution in [1.29, 1.82) is 0 Å². The molecule has 20 heavy (non-hydrogen) atoms. The van der Waals surface area contributed by atoms with Crippen molar-refractivity contribution in [2.24, 2.45) is 0 Å². The Morgan fingerprint density at radius 2 is 1.80 bits per heavy atom. The molecule has 2 rings (SSSR count). The Bertz CT molecular complexity index is 641. The maximum atomic E-state index is 10.6. The zero-order valence-corrected chi connectivity index (χ0v) is 13.9. The normalized spacial score (nSPS) is 12.3. The molecule has 2 nitrogen and oxygen atoms in total. The number of benzene rings is 2. The van der Waals surface area contributed by atoms with E-state index in [2.05, 4.69) is 15.9 Å². The molecule has 4 heteroatoms. The Morgan fingerprint density at radius 3 is 2.40 bits per heavy atom. The molecule has 2 aromatic carbocycles. The van der Waals surface area contributed by atoms with Crippen molar-refractivity contribution in [2.45, 2.75) is 20.0 Å². The minimum absolute atomic E-state index is 0.635. The van der Waals surface area contributed by atoms with E-state index in [-0.39, 0.29) is 0 Å². The van der Waals surface area contributed by atoms with Crippen molar-refractivity contribution >= 4 is 27.5 Å². The fraction of sp³-hybridized carbons (Fsp3) is 0.250. The van der Waals surface area contributed by atoms with Crippen molar-refractivity contribution < 1.29 is 9.84 Å². The highest BCUT2D eigenvalue weighted by Crippen LogP contribution is 2.34. The number of ether oxygens (including phenoxy) is 1. The van der Waals surface area contributed by atoms with Crippen LogP contribution in [0.5, 0.6) is 5.75 Å². The van der Waals surface area contributed by atoms with Crippen molar-refractivity contribution in [2.75, 3.05) is 7.11 Å². The van der Waals surface area contributed by atoms with Gasteiger partial charge in [-0.1, -0.05) is 33.6 Å². The van der Waals surface area contributed by atoms with Crippen LogP contribution in [0, 0.1) is 13.8 Å². The van der Waals surface area contributed by atoms with Gasteiger partial charge in [-0.15, -0.1) is 0 Å². The molecule has 0 spiro atoms.